The Hall–Kier alpha value is -1.90. The fourth-order valence-corrected chi connectivity index (χ4v) is 4.24. The van der Waals surface area contributed by atoms with E-state index in [0.717, 1.165) is 6.42 Å². The summed E-state index contributed by atoms with van der Waals surface area (Å²) in [5.74, 6) is 2.49. The second-order valence-electron chi connectivity index (χ2n) is 7.92. The summed E-state index contributed by atoms with van der Waals surface area (Å²) in [6.07, 6.45) is 3.97. The lowest BCUT2D eigenvalue weighted by Gasteiger charge is -2.32. The van der Waals surface area contributed by atoms with Crippen molar-refractivity contribution in [1.82, 2.24) is 9.97 Å². The van der Waals surface area contributed by atoms with E-state index in [1.807, 2.05) is 4.90 Å². The molecule has 0 spiro atoms. The maximum Gasteiger partial charge on any atom is 0.163 e. The lowest BCUT2D eigenvalue weighted by Crippen LogP contribution is -2.41. The van der Waals surface area contributed by atoms with E-state index in [1.54, 1.807) is 20.4 Å². The Morgan fingerprint density at radius 3 is 2.71 bits per heavy atom. The van der Waals surface area contributed by atoms with E-state index >= 15 is 0 Å². The van der Waals surface area contributed by atoms with Gasteiger partial charge in [-0.2, -0.15) is 0 Å². The lowest BCUT2D eigenvalue weighted by atomic mass is 9.92. The largest absolute Gasteiger partial charge is 0.393 e. The highest BCUT2D eigenvalue weighted by molar-refractivity contribution is 5.75. The van der Waals surface area contributed by atoms with Crippen LogP contribution in [0.3, 0.4) is 0 Å². The molecule has 0 amide bonds. The van der Waals surface area contributed by atoms with Crippen LogP contribution in [0.4, 0.5) is 17.3 Å². The Morgan fingerprint density at radius 1 is 1.46 bits per heavy atom. The molecule has 2 heterocycles. The third kappa shape index (κ3) is 3.94. The van der Waals surface area contributed by atoms with Crippen molar-refractivity contribution >= 4 is 17.3 Å². The van der Waals surface area contributed by atoms with E-state index in [9.17, 15) is 0 Å². The number of rotatable bonds is 9. The van der Waals surface area contributed by atoms with Crippen LogP contribution in [0.15, 0.2) is 19.1 Å². The first kappa shape index (κ1) is 20.8. The van der Waals surface area contributed by atoms with E-state index in [2.05, 4.69) is 42.6 Å². The highest BCUT2D eigenvalue weighted by atomic mass is 16.6. The number of aromatic nitrogens is 2. The fourth-order valence-electron chi connectivity index (χ4n) is 4.24. The minimum Gasteiger partial charge on any atom is -0.393 e. The molecule has 1 aromatic heterocycles. The van der Waals surface area contributed by atoms with Gasteiger partial charge in [0.25, 0.3) is 0 Å². The van der Waals surface area contributed by atoms with E-state index in [4.69, 9.17) is 19.9 Å². The number of methoxy groups -OCH3 is 1. The molecule has 6 atom stereocenters. The molecule has 3 N–H and O–H groups in total. The maximum absolute atomic E-state index is 6.48. The number of nitrogens with zero attached hydrogens (tertiary/aromatic N) is 3. The third-order valence-electron chi connectivity index (χ3n) is 5.63. The van der Waals surface area contributed by atoms with Crippen molar-refractivity contribution in [1.29, 1.82) is 0 Å². The van der Waals surface area contributed by atoms with Gasteiger partial charge >= 0.3 is 0 Å². The normalized spacial score (nSPS) is 31.8. The maximum atomic E-state index is 6.48. The number of nitrogen functional groups attached to an aromatic ring is 1. The van der Waals surface area contributed by atoms with Crippen molar-refractivity contribution in [3.05, 3.63) is 19.1 Å². The predicted molar refractivity (Wildman–Crippen MR) is 110 cm³/mol. The number of hydrogen-bond acceptors (Lipinski definition) is 8. The minimum atomic E-state index is -0.279. The second kappa shape index (κ2) is 8.63. The molecule has 2 aliphatic rings. The van der Waals surface area contributed by atoms with Gasteiger partial charge in [0.05, 0.1) is 18.8 Å². The van der Waals surface area contributed by atoms with Gasteiger partial charge in [0, 0.05) is 26.3 Å². The van der Waals surface area contributed by atoms with Crippen LogP contribution in [-0.2, 0) is 14.2 Å². The van der Waals surface area contributed by atoms with Gasteiger partial charge in [0.1, 0.15) is 24.3 Å². The molecule has 28 heavy (non-hydrogen) atoms. The van der Waals surface area contributed by atoms with Crippen molar-refractivity contribution in [3.63, 3.8) is 0 Å². The SMILES string of the molecule is C=CN(c1ncnc(NC)c1N)[C@@H]1O[C@H](COC)C(OC(C)C)C1C1CC1C. The van der Waals surface area contributed by atoms with Gasteiger partial charge in [0.15, 0.2) is 11.6 Å². The summed E-state index contributed by atoms with van der Waals surface area (Å²) in [5.41, 5.74) is 6.79. The number of ether oxygens (including phenoxy) is 3. The Balaban J connectivity index is 1.98. The summed E-state index contributed by atoms with van der Waals surface area (Å²) in [7, 11) is 3.47. The van der Waals surface area contributed by atoms with Crippen molar-refractivity contribution in [2.24, 2.45) is 17.8 Å². The molecule has 8 nitrogen and oxygen atoms in total. The number of nitrogens with one attached hydrogen (secondary N) is 1. The van der Waals surface area contributed by atoms with Crippen LogP contribution >= 0.6 is 0 Å². The zero-order chi connectivity index (χ0) is 20.4. The number of anilines is 3. The van der Waals surface area contributed by atoms with Crippen LogP contribution in [0.1, 0.15) is 27.2 Å². The van der Waals surface area contributed by atoms with Crippen LogP contribution in [0.5, 0.6) is 0 Å². The average Bonchev–Trinajstić information content (AvgIpc) is 3.28. The molecule has 1 aromatic rings. The lowest BCUT2D eigenvalue weighted by molar-refractivity contribution is -0.0753. The molecule has 3 rings (SSSR count). The molecule has 0 aromatic carbocycles. The van der Waals surface area contributed by atoms with E-state index < -0.39 is 0 Å². The Morgan fingerprint density at radius 2 is 2.18 bits per heavy atom. The van der Waals surface area contributed by atoms with Gasteiger partial charge in [0.2, 0.25) is 0 Å². The Bertz CT molecular complexity index is 686. The predicted octanol–water partition coefficient (Wildman–Crippen LogP) is 2.49. The smallest absolute Gasteiger partial charge is 0.163 e. The molecule has 4 unspecified atom stereocenters. The molecule has 1 aliphatic carbocycles. The summed E-state index contributed by atoms with van der Waals surface area (Å²) in [6, 6.07) is 0. The molecule has 1 aliphatic heterocycles. The van der Waals surface area contributed by atoms with Crippen molar-refractivity contribution in [3.8, 4) is 0 Å². The van der Waals surface area contributed by atoms with Gasteiger partial charge < -0.3 is 30.2 Å². The third-order valence-corrected chi connectivity index (χ3v) is 5.63. The molecule has 1 saturated heterocycles. The molecule has 2 fully saturated rings. The molecule has 0 radical (unpaired) electrons. The van der Waals surface area contributed by atoms with E-state index in [-0.39, 0.29) is 30.5 Å². The summed E-state index contributed by atoms with van der Waals surface area (Å²) in [4.78, 5) is 10.5. The molecule has 156 valence electrons. The van der Waals surface area contributed by atoms with Crippen LogP contribution in [0.2, 0.25) is 0 Å². The number of hydrogen-bond donors (Lipinski definition) is 2. The first-order chi connectivity index (χ1) is 13.4. The quantitative estimate of drug-likeness (QED) is 0.663. The van der Waals surface area contributed by atoms with Gasteiger partial charge in [-0.1, -0.05) is 13.5 Å². The highest BCUT2D eigenvalue weighted by Crippen LogP contribution is 2.52. The monoisotopic (exact) mass is 391 g/mol. The van der Waals surface area contributed by atoms with Crippen LogP contribution in [-0.4, -0.2) is 55.3 Å². The van der Waals surface area contributed by atoms with E-state index in [0.29, 0.717) is 35.8 Å². The minimum absolute atomic E-state index is 0.0609. The Kier molecular flexibility index (Phi) is 6.42. The molecule has 8 heteroatoms. The first-order valence-electron chi connectivity index (χ1n) is 9.91. The van der Waals surface area contributed by atoms with Crippen LogP contribution < -0.4 is 16.0 Å². The average molecular weight is 392 g/mol. The van der Waals surface area contributed by atoms with Crippen molar-refractivity contribution < 1.29 is 14.2 Å². The van der Waals surface area contributed by atoms with Crippen LogP contribution in [0.25, 0.3) is 0 Å². The Labute approximate surface area is 167 Å². The zero-order valence-corrected chi connectivity index (χ0v) is 17.5. The van der Waals surface area contributed by atoms with Gasteiger partial charge in [-0.05, 0) is 32.1 Å². The van der Waals surface area contributed by atoms with E-state index in [1.165, 1.54) is 6.33 Å². The van der Waals surface area contributed by atoms with Gasteiger partial charge in [-0.3, -0.25) is 0 Å². The topological polar surface area (TPSA) is 94.8 Å². The van der Waals surface area contributed by atoms with Gasteiger partial charge in [-0.25, -0.2) is 9.97 Å². The van der Waals surface area contributed by atoms with Crippen LogP contribution in [0, 0.1) is 17.8 Å². The molecular weight excluding hydrogens is 358 g/mol. The fraction of sp³-hybridized carbons (Fsp3) is 0.700. The zero-order valence-electron chi connectivity index (χ0n) is 17.5. The summed E-state index contributed by atoms with van der Waals surface area (Å²) >= 11 is 0. The first-order valence-corrected chi connectivity index (χ1v) is 9.91. The summed E-state index contributed by atoms with van der Waals surface area (Å²) in [6.45, 7) is 10.9. The second-order valence-corrected chi connectivity index (χ2v) is 7.92. The van der Waals surface area contributed by atoms with Crippen molar-refractivity contribution in [2.45, 2.75) is 51.7 Å². The van der Waals surface area contributed by atoms with Gasteiger partial charge in [-0.15, -0.1) is 0 Å². The highest BCUT2D eigenvalue weighted by Gasteiger charge is 2.56. The molecule has 1 saturated carbocycles. The van der Waals surface area contributed by atoms with Crippen molar-refractivity contribution in [2.75, 3.05) is 36.7 Å². The standard InChI is InChI=1S/C20H33N5O3/c1-7-25(19-16(21)18(22-5)23-10-24-19)20-15(13-8-12(13)4)17(27-11(2)3)14(28-20)9-26-6/h7,10-15,17,20H,1,8-9,21H2,2-6H3,(H,22,23,24)/t12?,13?,14-,15?,17?,20-/m1/s1. The molecule has 0 bridgehead atoms. The number of nitrogens with two attached hydrogens (primary N) is 1. The summed E-state index contributed by atoms with van der Waals surface area (Å²) in [5, 5.41) is 3.00. The summed E-state index contributed by atoms with van der Waals surface area (Å²) < 4.78 is 18.2. The molecular formula is C20H33N5O3.